The minimum absolute atomic E-state index is 0.0262. The van der Waals surface area contributed by atoms with E-state index in [4.69, 9.17) is 19.7 Å². The van der Waals surface area contributed by atoms with Crippen molar-refractivity contribution in [3.63, 3.8) is 0 Å². The number of allylic oxidation sites excluding steroid dienone is 2. The van der Waals surface area contributed by atoms with Crippen LogP contribution < -0.4 is 9.47 Å². The van der Waals surface area contributed by atoms with E-state index in [1.807, 2.05) is 24.3 Å². The first-order valence-corrected chi connectivity index (χ1v) is 9.18. The smallest absolute Gasteiger partial charge is 0.119 e. The predicted octanol–water partition coefficient (Wildman–Crippen LogP) is 3.78. The molecule has 138 valence electrons. The van der Waals surface area contributed by atoms with E-state index in [0.29, 0.717) is 19.1 Å². The second-order valence-corrected chi connectivity index (χ2v) is 6.43. The zero-order valence-electron chi connectivity index (χ0n) is 14.9. The Hall–Kier alpha value is -2.30. The molecule has 2 N–H and O–H groups in total. The van der Waals surface area contributed by atoms with Crippen LogP contribution in [0.3, 0.4) is 0 Å². The van der Waals surface area contributed by atoms with Crippen LogP contribution in [0.4, 0.5) is 0 Å². The highest BCUT2D eigenvalue weighted by Gasteiger charge is 2.16. The molecule has 4 heteroatoms. The lowest BCUT2D eigenvalue weighted by atomic mass is 9.83. The maximum atomic E-state index is 8.83. The van der Waals surface area contributed by atoms with Gasteiger partial charge in [0.15, 0.2) is 0 Å². The summed E-state index contributed by atoms with van der Waals surface area (Å²) in [6, 6.07) is 16.3. The van der Waals surface area contributed by atoms with E-state index in [1.165, 1.54) is 23.1 Å². The molecule has 0 fully saturated rings. The fraction of sp³-hybridized carbons (Fsp3) is 0.364. The average Bonchev–Trinajstić information content (AvgIpc) is 2.71. The second-order valence-electron chi connectivity index (χ2n) is 6.43. The van der Waals surface area contributed by atoms with E-state index < -0.39 is 0 Å². The lowest BCUT2D eigenvalue weighted by molar-refractivity contribution is 0.201. The summed E-state index contributed by atoms with van der Waals surface area (Å²) in [5.41, 5.74) is 3.89. The van der Waals surface area contributed by atoms with Gasteiger partial charge in [0.25, 0.3) is 0 Å². The molecule has 0 radical (unpaired) electrons. The van der Waals surface area contributed by atoms with Gasteiger partial charge in [-0.05, 0) is 60.2 Å². The highest BCUT2D eigenvalue weighted by atomic mass is 16.5. The molecule has 0 aliphatic heterocycles. The van der Waals surface area contributed by atoms with Gasteiger partial charge >= 0.3 is 0 Å². The van der Waals surface area contributed by atoms with Crippen LogP contribution in [0.2, 0.25) is 0 Å². The van der Waals surface area contributed by atoms with Crippen molar-refractivity contribution in [3.05, 3.63) is 65.7 Å². The Morgan fingerprint density at radius 2 is 1.38 bits per heavy atom. The number of hydrogen-bond acceptors (Lipinski definition) is 4. The van der Waals surface area contributed by atoms with Crippen LogP contribution in [-0.2, 0) is 0 Å². The normalized spacial score (nSPS) is 16.8. The van der Waals surface area contributed by atoms with E-state index in [-0.39, 0.29) is 13.2 Å². The van der Waals surface area contributed by atoms with Crippen LogP contribution in [0.15, 0.2) is 54.6 Å². The largest absolute Gasteiger partial charge is 0.491 e. The second kappa shape index (κ2) is 9.41. The van der Waals surface area contributed by atoms with Crippen molar-refractivity contribution in [1.29, 1.82) is 0 Å². The molecular weight excluding hydrogens is 328 g/mol. The molecule has 3 rings (SSSR count). The molecule has 2 aromatic rings. The van der Waals surface area contributed by atoms with Crippen LogP contribution in [-0.4, -0.2) is 36.6 Å². The SMILES string of the molecule is OCCOc1ccc(C2=CC(c3ccc(OCCO)cc3)CCC2)cc1. The molecular formula is C22H26O4. The van der Waals surface area contributed by atoms with Crippen LogP contribution in [0.5, 0.6) is 11.5 Å². The summed E-state index contributed by atoms with van der Waals surface area (Å²) >= 11 is 0. The zero-order valence-corrected chi connectivity index (χ0v) is 14.9. The fourth-order valence-corrected chi connectivity index (χ4v) is 3.33. The van der Waals surface area contributed by atoms with Gasteiger partial charge in [0.1, 0.15) is 24.7 Å². The Labute approximate surface area is 154 Å². The number of hydrogen-bond donors (Lipinski definition) is 2. The summed E-state index contributed by atoms with van der Waals surface area (Å²) < 4.78 is 10.9. The van der Waals surface area contributed by atoms with Crippen molar-refractivity contribution in [1.82, 2.24) is 0 Å². The van der Waals surface area contributed by atoms with E-state index in [0.717, 1.165) is 24.3 Å². The van der Waals surface area contributed by atoms with Crippen molar-refractivity contribution >= 4 is 5.57 Å². The van der Waals surface area contributed by atoms with E-state index in [9.17, 15) is 0 Å². The molecule has 0 heterocycles. The fourth-order valence-electron chi connectivity index (χ4n) is 3.33. The molecule has 4 nitrogen and oxygen atoms in total. The molecule has 1 aliphatic carbocycles. The van der Waals surface area contributed by atoms with Gasteiger partial charge in [0.2, 0.25) is 0 Å². The summed E-state index contributed by atoms with van der Waals surface area (Å²) in [6.07, 6.45) is 5.78. The molecule has 0 spiro atoms. The topological polar surface area (TPSA) is 58.9 Å². The summed E-state index contributed by atoms with van der Waals surface area (Å²) in [6.45, 7) is 0.700. The van der Waals surface area contributed by atoms with Crippen LogP contribution in [0.25, 0.3) is 5.57 Å². The van der Waals surface area contributed by atoms with Gasteiger partial charge in [-0.25, -0.2) is 0 Å². The molecule has 0 amide bonds. The Bertz CT molecular complexity index is 704. The van der Waals surface area contributed by atoms with Crippen molar-refractivity contribution in [2.24, 2.45) is 0 Å². The molecule has 0 saturated carbocycles. The monoisotopic (exact) mass is 354 g/mol. The molecule has 1 atom stereocenters. The Morgan fingerprint density at radius 1 is 0.808 bits per heavy atom. The highest BCUT2D eigenvalue weighted by Crippen LogP contribution is 2.36. The summed E-state index contributed by atoms with van der Waals surface area (Å²) in [5.74, 6) is 1.99. The number of rotatable bonds is 8. The average molecular weight is 354 g/mol. The minimum Gasteiger partial charge on any atom is -0.491 e. The molecule has 0 bridgehead atoms. The Morgan fingerprint density at radius 3 is 1.96 bits per heavy atom. The lowest BCUT2D eigenvalue weighted by Gasteiger charge is -2.22. The quantitative estimate of drug-likeness (QED) is 0.757. The minimum atomic E-state index is 0.0262. The van der Waals surface area contributed by atoms with Gasteiger partial charge in [-0.2, -0.15) is 0 Å². The van der Waals surface area contributed by atoms with Crippen LogP contribution in [0, 0.1) is 0 Å². The zero-order chi connectivity index (χ0) is 18.2. The summed E-state index contributed by atoms with van der Waals surface area (Å²) in [7, 11) is 0. The number of aliphatic hydroxyl groups is 2. The van der Waals surface area contributed by atoms with Gasteiger partial charge in [-0.1, -0.05) is 30.3 Å². The van der Waals surface area contributed by atoms with Gasteiger partial charge in [-0.15, -0.1) is 0 Å². The molecule has 2 aromatic carbocycles. The predicted molar refractivity (Wildman–Crippen MR) is 103 cm³/mol. The third-order valence-corrected chi connectivity index (χ3v) is 4.62. The maximum absolute atomic E-state index is 8.83. The summed E-state index contributed by atoms with van der Waals surface area (Å²) in [5, 5.41) is 17.7. The van der Waals surface area contributed by atoms with Crippen molar-refractivity contribution in [2.45, 2.75) is 25.2 Å². The van der Waals surface area contributed by atoms with Crippen molar-refractivity contribution in [3.8, 4) is 11.5 Å². The first-order valence-electron chi connectivity index (χ1n) is 9.18. The molecule has 0 aromatic heterocycles. The molecule has 1 unspecified atom stereocenters. The lowest BCUT2D eigenvalue weighted by Crippen LogP contribution is -2.04. The van der Waals surface area contributed by atoms with Gasteiger partial charge < -0.3 is 19.7 Å². The van der Waals surface area contributed by atoms with E-state index >= 15 is 0 Å². The van der Waals surface area contributed by atoms with Gasteiger partial charge in [0, 0.05) is 5.92 Å². The van der Waals surface area contributed by atoms with Crippen LogP contribution in [0.1, 0.15) is 36.3 Å². The molecule has 1 aliphatic rings. The Kier molecular flexibility index (Phi) is 6.69. The first kappa shape index (κ1) is 18.5. The standard InChI is InChI=1S/C22H26O4/c23-12-14-25-21-8-4-17(5-9-21)19-2-1-3-20(16-19)18-6-10-22(11-7-18)26-15-13-24/h4-11,16,19,23-24H,1-3,12-15H2. The Balaban J connectivity index is 1.70. The van der Waals surface area contributed by atoms with Gasteiger partial charge in [-0.3, -0.25) is 0 Å². The molecule has 26 heavy (non-hydrogen) atoms. The van der Waals surface area contributed by atoms with Crippen molar-refractivity contribution in [2.75, 3.05) is 26.4 Å². The summed E-state index contributed by atoms with van der Waals surface area (Å²) in [4.78, 5) is 0. The number of aliphatic hydroxyl groups excluding tert-OH is 2. The third kappa shape index (κ3) is 4.87. The maximum Gasteiger partial charge on any atom is 0.119 e. The van der Waals surface area contributed by atoms with Crippen LogP contribution >= 0.6 is 0 Å². The molecule has 0 saturated heterocycles. The number of benzene rings is 2. The van der Waals surface area contributed by atoms with E-state index in [1.54, 1.807) is 0 Å². The third-order valence-electron chi connectivity index (χ3n) is 4.62. The van der Waals surface area contributed by atoms with Gasteiger partial charge in [0.05, 0.1) is 13.2 Å². The highest BCUT2D eigenvalue weighted by molar-refractivity contribution is 5.68. The first-order chi connectivity index (χ1) is 12.8. The van der Waals surface area contributed by atoms with Crippen molar-refractivity contribution < 1.29 is 19.7 Å². The number of ether oxygens (including phenoxy) is 2. The van der Waals surface area contributed by atoms with E-state index in [2.05, 4.69) is 30.3 Å².